The minimum Gasteiger partial charge on any atom is -0.480 e. The number of rotatable bonds is 7. The zero-order valence-corrected chi connectivity index (χ0v) is 11.8. The molecule has 1 aromatic rings. The quantitative estimate of drug-likeness (QED) is 0.582. The van der Waals surface area contributed by atoms with Crippen molar-refractivity contribution in [3.05, 3.63) is 38.2 Å². The normalized spacial score (nSPS) is 12.0. The first kappa shape index (κ1) is 17.3. The van der Waals surface area contributed by atoms with E-state index in [1.807, 2.05) is 0 Å². The number of nitrogens with zero attached hydrogens (tertiary/aromatic N) is 2. The molecule has 1 aromatic carbocycles. The monoisotopic (exact) mass is 315 g/mol. The lowest BCUT2D eigenvalue weighted by molar-refractivity contribution is -0.395. The zero-order chi connectivity index (χ0) is 17.0. The van der Waals surface area contributed by atoms with Crippen molar-refractivity contribution in [1.29, 1.82) is 0 Å². The molecule has 0 saturated carbocycles. The van der Waals surface area contributed by atoms with Gasteiger partial charge in [-0.15, -0.1) is 0 Å². The topological polar surface area (TPSA) is 136 Å². The number of aliphatic carboxylic acids is 1. The molecule has 0 saturated heterocycles. The number of nitrogens with one attached hydrogen (secondary N) is 1. The first-order valence-corrected chi connectivity index (χ1v) is 6.25. The Morgan fingerprint density at radius 1 is 1.27 bits per heavy atom. The number of carboxylic acid groups (broad SMARTS) is 1. The van der Waals surface area contributed by atoms with Crippen LogP contribution in [0, 0.1) is 32.0 Å². The summed E-state index contributed by atoms with van der Waals surface area (Å²) in [4.78, 5) is 30.7. The molecule has 22 heavy (non-hydrogen) atoms. The number of carbonyl (C=O) groups is 1. The lowest BCUT2D eigenvalue weighted by atomic mass is 10.0. The Balaban J connectivity index is 3.27. The minimum atomic E-state index is -1.29. The molecule has 0 radical (unpaired) electrons. The SMILES string of the molecule is CC(C)CC(Nc1cc(F)c([N+](=O)[O-])cc1[N+](=O)[O-])C(=O)O. The molecule has 10 heteroatoms. The van der Waals surface area contributed by atoms with Crippen molar-refractivity contribution in [3.8, 4) is 0 Å². The van der Waals surface area contributed by atoms with Crippen molar-refractivity contribution < 1.29 is 24.1 Å². The van der Waals surface area contributed by atoms with E-state index < -0.39 is 44.7 Å². The van der Waals surface area contributed by atoms with Gasteiger partial charge in [0.1, 0.15) is 11.7 Å². The minimum absolute atomic E-state index is 0.0319. The fraction of sp³-hybridized carbons (Fsp3) is 0.417. The summed E-state index contributed by atoms with van der Waals surface area (Å²) in [6.07, 6.45) is 0.144. The lowest BCUT2D eigenvalue weighted by Gasteiger charge is -2.17. The van der Waals surface area contributed by atoms with Crippen LogP contribution >= 0.6 is 0 Å². The van der Waals surface area contributed by atoms with Crippen LogP contribution in [0.3, 0.4) is 0 Å². The predicted molar refractivity (Wildman–Crippen MR) is 74.2 cm³/mol. The van der Waals surface area contributed by atoms with Gasteiger partial charge in [-0.2, -0.15) is 4.39 Å². The maximum absolute atomic E-state index is 13.6. The van der Waals surface area contributed by atoms with Gasteiger partial charge in [0, 0.05) is 6.07 Å². The Bertz CT molecular complexity index is 619. The molecule has 0 aliphatic rings. The molecular formula is C12H14FN3O6. The fourth-order valence-electron chi connectivity index (χ4n) is 1.84. The summed E-state index contributed by atoms with van der Waals surface area (Å²) < 4.78 is 13.6. The van der Waals surface area contributed by atoms with Crippen LogP contribution in [0.1, 0.15) is 20.3 Å². The first-order valence-electron chi connectivity index (χ1n) is 6.25. The second-order valence-electron chi connectivity index (χ2n) is 5.00. The Morgan fingerprint density at radius 3 is 2.23 bits per heavy atom. The maximum atomic E-state index is 13.6. The average Bonchev–Trinajstić information content (AvgIpc) is 2.36. The molecule has 1 atom stereocenters. The molecule has 0 aromatic heterocycles. The maximum Gasteiger partial charge on any atom is 0.326 e. The zero-order valence-electron chi connectivity index (χ0n) is 11.8. The summed E-state index contributed by atoms with van der Waals surface area (Å²) in [7, 11) is 0. The number of hydrogen-bond donors (Lipinski definition) is 2. The van der Waals surface area contributed by atoms with Crippen LogP contribution in [0.2, 0.25) is 0 Å². The summed E-state index contributed by atoms with van der Waals surface area (Å²) in [6, 6.07) is -0.155. The van der Waals surface area contributed by atoms with Crippen molar-refractivity contribution >= 4 is 23.0 Å². The van der Waals surface area contributed by atoms with Crippen LogP contribution in [0.4, 0.5) is 21.5 Å². The van der Waals surface area contributed by atoms with E-state index >= 15 is 0 Å². The number of anilines is 1. The molecule has 1 rings (SSSR count). The van der Waals surface area contributed by atoms with Gasteiger partial charge in [0.2, 0.25) is 5.82 Å². The number of benzene rings is 1. The Labute approximate surface area is 124 Å². The lowest BCUT2D eigenvalue weighted by Crippen LogP contribution is -2.31. The summed E-state index contributed by atoms with van der Waals surface area (Å²) in [5.74, 6) is -2.58. The van der Waals surface area contributed by atoms with Gasteiger partial charge in [0.15, 0.2) is 0 Å². The van der Waals surface area contributed by atoms with Crippen LogP contribution in [0.15, 0.2) is 12.1 Å². The van der Waals surface area contributed by atoms with E-state index in [2.05, 4.69) is 5.32 Å². The summed E-state index contributed by atoms with van der Waals surface area (Å²) >= 11 is 0. The van der Waals surface area contributed by atoms with Crippen LogP contribution in [-0.2, 0) is 4.79 Å². The van der Waals surface area contributed by atoms with E-state index in [-0.39, 0.29) is 12.3 Å². The van der Waals surface area contributed by atoms with E-state index in [1.54, 1.807) is 13.8 Å². The third-order valence-electron chi connectivity index (χ3n) is 2.79. The number of hydrogen-bond acceptors (Lipinski definition) is 6. The summed E-state index contributed by atoms with van der Waals surface area (Å²) in [6.45, 7) is 3.50. The van der Waals surface area contributed by atoms with Crippen molar-refractivity contribution in [2.24, 2.45) is 5.92 Å². The summed E-state index contributed by atoms with van der Waals surface area (Å²) in [5.41, 5.74) is -2.22. The van der Waals surface area contributed by atoms with Crippen LogP contribution < -0.4 is 5.32 Å². The Kier molecular flexibility index (Phi) is 5.33. The molecule has 9 nitrogen and oxygen atoms in total. The molecule has 2 N–H and O–H groups in total. The molecule has 1 unspecified atom stereocenters. The number of nitro groups is 2. The van der Waals surface area contributed by atoms with Crippen LogP contribution in [0.5, 0.6) is 0 Å². The van der Waals surface area contributed by atoms with Crippen molar-refractivity contribution in [2.75, 3.05) is 5.32 Å². The highest BCUT2D eigenvalue weighted by atomic mass is 19.1. The fourth-order valence-corrected chi connectivity index (χ4v) is 1.84. The highest BCUT2D eigenvalue weighted by Crippen LogP contribution is 2.32. The first-order chi connectivity index (χ1) is 10.1. The highest BCUT2D eigenvalue weighted by Gasteiger charge is 2.28. The van der Waals surface area contributed by atoms with Gasteiger partial charge in [-0.05, 0) is 12.3 Å². The predicted octanol–water partition coefficient (Wildman–Crippen LogP) is 2.55. The third-order valence-corrected chi connectivity index (χ3v) is 2.79. The number of nitro benzene ring substituents is 2. The average molecular weight is 315 g/mol. The molecule has 0 aliphatic heterocycles. The molecule has 0 bridgehead atoms. The smallest absolute Gasteiger partial charge is 0.326 e. The van der Waals surface area contributed by atoms with Gasteiger partial charge < -0.3 is 10.4 Å². The van der Waals surface area contributed by atoms with E-state index in [1.165, 1.54) is 0 Å². The van der Waals surface area contributed by atoms with Gasteiger partial charge in [0.05, 0.1) is 15.9 Å². The molecule has 0 heterocycles. The number of halogens is 1. The van der Waals surface area contributed by atoms with Gasteiger partial charge in [-0.3, -0.25) is 20.2 Å². The van der Waals surface area contributed by atoms with E-state index in [0.717, 1.165) is 0 Å². The van der Waals surface area contributed by atoms with E-state index in [0.29, 0.717) is 12.1 Å². The largest absolute Gasteiger partial charge is 0.480 e. The second kappa shape index (κ2) is 6.78. The summed E-state index contributed by atoms with van der Waals surface area (Å²) in [5, 5.41) is 33.0. The molecule has 0 fully saturated rings. The van der Waals surface area contributed by atoms with Crippen molar-refractivity contribution in [2.45, 2.75) is 26.3 Å². The number of carboxylic acids is 1. The van der Waals surface area contributed by atoms with Gasteiger partial charge in [-0.25, -0.2) is 4.79 Å². The Morgan fingerprint density at radius 2 is 1.82 bits per heavy atom. The van der Waals surface area contributed by atoms with Gasteiger partial charge >= 0.3 is 11.7 Å². The van der Waals surface area contributed by atoms with Crippen molar-refractivity contribution in [3.63, 3.8) is 0 Å². The molecule has 0 amide bonds. The molecule has 0 spiro atoms. The highest BCUT2D eigenvalue weighted by molar-refractivity contribution is 5.79. The van der Waals surface area contributed by atoms with Crippen LogP contribution in [0.25, 0.3) is 0 Å². The van der Waals surface area contributed by atoms with E-state index in [4.69, 9.17) is 5.11 Å². The van der Waals surface area contributed by atoms with Crippen LogP contribution in [-0.4, -0.2) is 27.0 Å². The van der Waals surface area contributed by atoms with Gasteiger partial charge in [-0.1, -0.05) is 13.8 Å². The van der Waals surface area contributed by atoms with E-state index in [9.17, 15) is 29.4 Å². The van der Waals surface area contributed by atoms with Gasteiger partial charge in [0.25, 0.3) is 5.69 Å². The second-order valence-corrected chi connectivity index (χ2v) is 5.00. The molecule has 120 valence electrons. The third kappa shape index (κ3) is 4.11. The molecule has 0 aliphatic carbocycles. The Hall–Kier alpha value is -2.78. The standard InChI is InChI=1S/C12H14FN3O6/c1-6(2)3-9(12(17)18)14-8-4-7(13)10(15(19)20)5-11(8)16(21)22/h4-6,9,14H,3H2,1-2H3,(H,17,18). The molecular weight excluding hydrogens is 301 g/mol. The van der Waals surface area contributed by atoms with Crippen molar-refractivity contribution in [1.82, 2.24) is 0 Å².